The first-order valence-electron chi connectivity index (χ1n) is 5.79. The van der Waals surface area contributed by atoms with E-state index in [9.17, 15) is 9.59 Å². The van der Waals surface area contributed by atoms with Crippen molar-refractivity contribution in [1.29, 1.82) is 0 Å². The van der Waals surface area contributed by atoms with Crippen LogP contribution in [-0.4, -0.2) is 37.9 Å². The summed E-state index contributed by atoms with van der Waals surface area (Å²) in [7, 11) is 0. The van der Waals surface area contributed by atoms with Crippen molar-refractivity contribution in [3.05, 3.63) is 12.7 Å². The Morgan fingerprint density at radius 3 is 2.94 bits per heavy atom. The summed E-state index contributed by atoms with van der Waals surface area (Å²) in [5, 5.41) is 0. The molecule has 1 rings (SSSR count). The van der Waals surface area contributed by atoms with Gasteiger partial charge in [-0.2, -0.15) is 0 Å². The molecule has 0 aliphatic carbocycles. The van der Waals surface area contributed by atoms with Crippen LogP contribution in [0.15, 0.2) is 12.7 Å². The van der Waals surface area contributed by atoms with Gasteiger partial charge in [0.25, 0.3) is 0 Å². The fourth-order valence-electron chi connectivity index (χ4n) is 1.48. The van der Waals surface area contributed by atoms with Crippen LogP contribution in [0.2, 0.25) is 0 Å². The summed E-state index contributed by atoms with van der Waals surface area (Å²) in [6.45, 7) is 4.55. The number of carbonyl (C=O) groups excluding carboxylic acids is 2. The van der Waals surface area contributed by atoms with Crippen molar-refractivity contribution in [2.45, 2.75) is 31.8 Å². The first kappa shape index (κ1) is 13.7. The molecule has 0 saturated carbocycles. The van der Waals surface area contributed by atoms with Gasteiger partial charge in [-0.25, -0.2) is 4.79 Å². The Hall–Kier alpha value is -1.36. The van der Waals surface area contributed by atoms with Crippen molar-refractivity contribution in [3.63, 3.8) is 0 Å². The molecular formula is C12H20O5. The topological polar surface area (TPSA) is 61.8 Å². The number of esters is 2. The van der Waals surface area contributed by atoms with Gasteiger partial charge in [0.1, 0.15) is 6.61 Å². The molecule has 1 fully saturated rings. The quantitative estimate of drug-likeness (QED) is 0.385. The molecule has 0 aromatic carbocycles. The molecule has 17 heavy (non-hydrogen) atoms. The number of hydrogen-bond donors (Lipinski definition) is 0. The third-order valence-corrected chi connectivity index (χ3v) is 2.39. The SMILES string of the molecule is C=CC(=O)OCCCC(=O)OCC1CCCO1.[HH]. The van der Waals surface area contributed by atoms with Gasteiger partial charge in [-0.1, -0.05) is 6.58 Å². The number of ether oxygens (including phenoxy) is 3. The summed E-state index contributed by atoms with van der Waals surface area (Å²) in [6.07, 6.45) is 3.83. The minimum Gasteiger partial charge on any atom is -0.463 e. The van der Waals surface area contributed by atoms with Gasteiger partial charge in [0, 0.05) is 20.5 Å². The minimum absolute atomic E-state index is 0. The normalized spacial score (nSPS) is 18.7. The molecule has 5 nitrogen and oxygen atoms in total. The van der Waals surface area contributed by atoms with Crippen LogP contribution in [0.4, 0.5) is 0 Å². The predicted octanol–water partition coefficient (Wildman–Crippen LogP) is 1.46. The lowest BCUT2D eigenvalue weighted by Crippen LogP contribution is -2.18. The fourth-order valence-corrected chi connectivity index (χ4v) is 1.48. The van der Waals surface area contributed by atoms with Crippen LogP contribution in [0.25, 0.3) is 0 Å². The predicted molar refractivity (Wildman–Crippen MR) is 62.4 cm³/mol. The van der Waals surface area contributed by atoms with Gasteiger partial charge in [-0.15, -0.1) is 0 Å². The molecular weight excluding hydrogens is 224 g/mol. The molecule has 0 N–H and O–H groups in total. The Bertz CT molecular complexity index is 274. The van der Waals surface area contributed by atoms with E-state index in [1.54, 1.807) is 0 Å². The maximum Gasteiger partial charge on any atom is 0.330 e. The lowest BCUT2D eigenvalue weighted by Gasteiger charge is -2.09. The summed E-state index contributed by atoms with van der Waals surface area (Å²) in [4.78, 5) is 22.0. The lowest BCUT2D eigenvalue weighted by atomic mass is 10.2. The molecule has 5 heteroatoms. The molecule has 0 aromatic heterocycles. The highest BCUT2D eigenvalue weighted by Crippen LogP contribution is 2.12. The highest BCUT2D eigenvalue weighted by Gasteiger charge is 2.17. The zero-order valence-corrected chi connectivity index (χ0v) is 9.85. The molecule has 1 aliphatic rings. The Morgan fingerprint density at radius 1 is 1.47 bits per heavy atom. The van der Waals surface area contributed by atoms with E-state index in [0.29, 0.717) is 13.0 Å². The summed E-state index contributed by atoms with van der Waals surface area (Å²) in [5.41, 5.74) is 0. The second kappa shape index (κ2) is 7.84. The molecule has 0 radical (unpaired) electrons. The summed E-state index contributed by atoms with van der Waals surface area (Å²) in [5.74, 6) is -0.757. The monoisotopic (exact) mass is 244 g/mol. The van der Waals surface area contributed by atoms with E-state index in [4.69, 9.17) is 14.2 Å². The smallest absolute Gasteiger partial charge is 0.330 e. The Morgan fingerprint density at radius 2 is 2.29 bits per heavy atom. The van der Waals surface area contributed by atoms with Gasteiger partial charge < -0.3 is 14.2 Å². The number of carbonyl (C=O) groups is 2. The van der Waals surface area contributed by atoms with E-state index in [-0.39, 0.29) is 26.5 Å². The second-order valence-electron chi connectivity index (χ2n) is 3.79. The molecule has 0 bridgehead atoms. The van der Waals surface area contributed by atoms with Crippen LogP contribution >= 0.6 is 0 Å². The highest BCUT2D eigenvalue weighted by atomic mass is 16.6. The van der Waals surface area contributed by atoms with Crippen molar-refractivity contribution < 1.29 is 25.2 Å². The van der Waals surface area contributed by atoms with Crippen LogP contribution < -0.4 is 0 Å². The van der Waals surface area contributed by atoms with Crippen LogP contribution in [0.1, 0.15) is 27.1 Å². The van der Waals surface area contributed by atoms with Crippen LogP contribution in [-0.2, 0) is 23.8 Å². The maximum atomic E-state index is 11.3. The van der Waals surface area contributed by atoms with Crippen LogP contribution in [0.3, 0.4) is 0 Å². The third kappa shape index (κ3) is 6.06. The average Bonchev–Trinajstić information content (AvgIpc) is 2.84. The van der Waals surface area contributed by atoms with Crippen LogP contribution in [0.5, 0.6) is 0 Å². The van der Waals surface area contributed by atoms with Crippen molar-refractivity contribution in [2.24, 2.45) is 0 Å². The van der Waals surface area contributed by atoms with Crippen molar-refractivity contribution in [2.75, 3.05) is 19.8 Å². The number of hydrogen-bond acceptors (Lipinski definition) is 5. The van der Waals surface area contributed by atoms with E-state index in [2.05, 4.69) is 6.58 Å². The van der Waals surface area contributed by atoms with Gasteiger partial charge in [-0.3, -0.25) is 4.79 Å². The molecule has 1 aliphatic heterocycles. The van der Waals surface area contributed by atoms with Crippen molar-refractivity contribution >= 4 is 11.9 Å². The minimum atomic E-state index is -0.474. The molecule has 0 spiro atoms. The molecule has 1 heterocycles. The van der Waals surface area contributed by atoms with E-state index >= 15 is 0 Å². The maximum absolute atomic E-state index is 11.3. The molecule has 1 saturated heterocycles. The summed E-state index contributed by atoms with van der Waals surface area (Å²) < 4.78 is 15.1. The van der Waals surface area contributed by atoms with E-state index in [0.717, 1.165) is 25.5 Å². The molecule has 1 unspecified atom stereocenters. The van der Waals surface area contributed by atoms with E-state index < -0.39 is 5.97 Å². The first-order valence-corrected chi connectivity index (χ1v) is 5.79. The second-order valence-corrected chi connectivity index (χ2v) is 3.79. The van der Waals surface area contributed by atoms with Crippen molar-refractivity contribution in [3.8, 4) is 0 Å². The number of rotatable bonds is 7. The van der Waals surface area contributed by atoms with Gasteiger partial charge in [0.15, 0.2) is 0 Å². The van der Waals surface area contributed by atoms with Gasteiger partial charge >= 0.3 is 11.9 Å². The highest BCUT2D eigenvalue weighted by molar-refractivity contribution is 5.81. The Balaban J connectivity index is 0.00000289. The standard InChI is InChI=1S/C12H18O5.H2/c1-2-11(13)16-8-4-6-12(14)17-9-10-5-3-7-15-10;/h2,10H,1,3-9H2;1H. The lowest BCUT2D eigenvalue weighted by molar-refractivity contribution is -0.148. The zero-order valence-electron chi connectivity index (χ0n) is 9.85. The van der Waals surface area contributed by atoms with Gasteiger partial charge in [0.2, 0.25) is 0 Å². The molecule has 98 valence electrons. The zero-order chi connectivity index (χ0) is 12.5. The van der Waals surface area contributed by atoms with Crippen LogP contribution in [0, 0.1) is 0 Å². The molecule has 0 amide bonds. The third-order valence-electron chi connectivity index (χ3n) is 2.39. The molecule has 0 aromatic rings. The summed E-state index contributed by atoms with van der Waals surface area (Å²) in [6, 6.07) is 0. The molecule has 1 atom stereocenters. The average molecular weight is 244 g/mol. The van der Waals surface area contributed by atoms with E-state index in [1.807, 2.05) is 0 Å². The fraction of sp³-hybridized carbons (Fsp3) is 0.667. The Labute approximate surface area is 102 Å². The van der Waals surface area contributed by atoms with E-state index in [1.165, 1.54) is 0 Å². The largest absolute Gasteiger partial charge is 0.463 e. The Kier molecular flexibility index (Phi) is 6.32. The van der Waals surface area contributed by atoms with Gasteiger partial charge in [0.05, 0.1) is 12.7 Å². The first-order chi connectivity index (χ1) is 8.22. The van der Waals surface area contributed by atoms with Gasteiger partial charge in [-0.05, 0) is 19.3 Å². The summed E-state index contributed by atoms with van der Waals surface area (Å²) >= 11 is 0. The van der Waals surface area contributed by atoms with Crippen molar-refractivity contribution in [1.82, 2.24) is 0 Å².